The predicted molar refractivity (Wildman–Crippen MR) is 110 cm³/mol. The number of nitrogen functional groups attached to an aromatic ring is 1. The number of hydrogen-bond donors (Lipinski definition) is 3. The Morgan fingerprint density at radius 3 is 2.45 bits per heavy atom. The Kier molecular flexibility index (Phi) is 6.05. The van der Waals surface area contributed by atoms with E-state index < -0.39 is 0 Å². The van der Waals surface area contributed by atoms with Crippen LogP contribution in [0.2, 0.25) is 0 Å². The van der Waals surface area contributed by atoms with E-state index in [1.807, 2.05) is 43.3 Å². The molecule has 3 rings (SSSR count). The third-order valence-electron chi connectivity index (χ3n) is 4.63. The lowest BCUT2D eigenvalue weighted by atomic mass is 10.0. The SMILES string of the molecule is CC(C#N)c1ccc(Cn2cc(C(=O)NCc3ccc(C(=N)N)cc3)cn2)cc1. The second-order valence-corrected chi connectivity index (χ2v) is 6.81. The highest BCUT2D eigenvalue weighted by Gasteiger charge is 2.09. The molecule has 0 aliphatic rings. The van der Waals surface area contributed by atoms with E-state index in [1.54, 1.807) is 29.2 Å². The quantitative estimate of drug-likeness (QED) is 0.427. The molecule has 0 saturated carbocycles. The lowest BCUT2D eigenvalue weighted by Crippen LogP contribution is -2.22. The molecule has 0 aliphatic heterocycles. The summed E-state index contributed by atoms with van der Waals surface area (Å²) in [5, 5.41) is 23.5. The number of nitriles is 1. The molecule has 1 aromatic heterocycles. The molecule has 0 bridgehead atoms. The van der Waals surface area contributed by atoms with Crippen molar-refractivity contribution in [1.82, 2.24) is 15.1 Å². The van der Waals surface area contributed by atoms with E-state index >= 15 is 0 Å². The predicted octanol–water partition coefficient (Wildman–Crippen LogP) is 2.77. The van der Waals surface area contributed by atoms with Gasteiger partial charge < -0.3 is 11.1 Å². The van der Waals surface area contributed by atoms with E-state index in [9.17, 15) is 4.79 Å². The molecular formula is C22H22N6O. The lowest BCUT2D eigenvalue weighted by molar-refractivity contribution is 0.0951. The molecule has 0 spiro atoms. The summed E-state index contributed by atoms with van der Waals surface area (Å²) in [6, 6.07) is 17.2. The van der Waals surface area contributed by atoms with Gasteiger partial charge in [-0.25, -0.2) is 0 Å². The summed E-state index contributed by atoms with van der Waals surface area (Å²) in [5.41, 5.74) is 9.51. The third-order valence-corrected chi connectivity index (χ3v) is 4.63. The number of amides is 1. The summed E-state index contributed by atoms with van der Waals surface area (Å²) < 4.78 is 1.71. The van der Waals surface area contributed by atoms with Gasteiger partial charge in [0.15, 0.2) is 0 Å². The number of amidine groups is 1. The molecule has 0 saturated heterocycles. The number of nitrogens with two attached hydrogens (primary N) is 1. The zero-order valence-corrected chi connectivity index (χ0v) is 16.1. The third kappa shape index (κ3) is 5.08. The van der Waals surface area contributed by atoms with Crippen molar-refractivity contribution in [3.05, 3.63) is 88.7 Å². The summed E-state index contributed by atoms with van der Waals surface area (Å²) in [5.74, 6) is -0.324. The highest BCUT2D eigenvalue weighted by Crippen LogP contribution is 2.15. The van der Waals surface area contributed by atoms with Gasteiger partial charge in [0.1, 0.15) is 5.84 Å². The summed E-state index contributed by atoms with van der Waals surface area (Å²) in [6.07, 6.45) is 3.25. The molecule has 0 fully saturated rings. The summed E-state index contributed by atoms with van der Waals surface area (Å²) >= 11 is 0. The van der Waals surface area contributed by atoms with Crippen LogP contribution in [0.5, 0.6) is 0 Å². The number of carbonyl (C=O) groups excluding carboxylic acids is 1. The van der Waals surface area contributed by atoms with E-state index in [0.29, 0.717) is 24.2 Å². The maximum absolute atomic E-state index is 12.4. The molecule has 4 N–H and O–H groups in total. The van der Waals surface area contributed by atoms with Crippen LogP contribution in [-0.2, 0) is 13.1 Å². The number of benzene rings is 2. The Morgan fingerprint density at radius 1 is 1.17 bits per heavy atom. The molecule has 2 aromatic carbocycles. The zero-order chi connectivity index (χ0) is 20.8. The molecule has 1 heterocycles. The van der Waals surface area contributed by atoms with Gasteiger partial charge in [0.25, 0.3) is 5.91 Å². The molecule has 1 atom stereocenters. The van der Waals surface area contributed by atoms with E-state index in [2.05, 4.69) is 16.5 Å². The Hall–Kier alpha value is -3.92. The Balaban J connectivity index is 1.57. The van der Waals surface area contributed by atoms with Gasteiger partial charge in [-0.15, -0.1) is 0 Å². The van der Waals surface area contributed by atoms with Gasteiger partial charge in [-0.1, -0.05) is 48.5 Å². The van der Waals surface area contributed by atoms with Crippen molar-refractivity contribution >= 4 is 11.7 Å². The number of nitrogens with one attached hydrogen (secondary N) is 2. The van der Waals surface area contributed by atoms with Crippen molar-refractivity contribution in [2.24, 2.45) is 5.73 Å². The van der Waals surface area contributed by atoms with Gasteiger partial charge in [0, 0.05) is 18.3 Å². The van der Waals surface area contributed by atoms with Crippen LogP contribution in [0.1, 0.15) is 45.5 Å². The second kappa shape index (κ2) is 8.85. The molecule has 1 unspecified atom stereocenters. The second-order valence-electron chi connectivity index (χ2n) is 6.81. The van der Waals surface area contributed by atoms with Crippen molar-refractivity contribution < 1.29 is 4.79 Å². The molecule has 29 heavy (non-hydrogen) atoms. The topological polar surface area (TPSA) is 121 Å². The van der Waals surface area contributed by atoms with Crippen LogP contribution in [0.4, 0.5) is 0 Å². The lowest BCUT2D eigenvalue weighted by Gasteiger charge is -2.06. The average molecular weight is 386 g/mol. The Bertz CT molecular complexity index is 1040. The standard InChI is InChI=1S/C22H22N6O/c1-15(10-23)18-6-4-17(5-7-18)13-28-14-20(12-27-28)22(29)26-11-16-2-8-19(9-3-16)21(24)25/h2-9,12,14-15H,11,13H2,1H3,(H3,24,25)(H,26,29). The van der Waals surface area contributed by atoms with E-state index in [-0.39, 0.29) is 17.7 Å². The van der Waals surface area contributed by atoms with Crippen molar-refractivity contribution in [2.75, 3.05) is 0 Å². The highest BCUT2D eigenvalue weighted by molar-refractivity contribution is 5.95. The first-order valence-electron chi connectivity index (χ1n) is 9.18. The van der Waals surface area contributed by atoms with Crippen LogP contribution in [-0.4, -0.2) is 21.5 Å². The van der Waals surface area contributed by atoms with Crippen molar-refractivity contribution in [1.29, 1.82) is 10.7 Å². The van der Waals surface area contributed by atoms with Crippen molar-refractivity contribution in [3.8, 4) is 6.07 Å². The molecule has 3 aromatic rings. The largest absolute Gasteiger partial charge is 0.384 e. The van der Waals surface area contributed by atoms with Crippen LogP contribution in [0.15, 0.2) is 60.9 Å². The first-order chi connectivity index (χ1) is 14.0. The maximum atomic E-state index is 12.4. The highest BCUT2D eigenvalue weighted by atomic mass is 16.1. The minimum absolute atomic E-state index is 0.0159. The molecule has 7 nitrogen and oxygen atoms in total. The van der Waals surface area contributed by atoms with Crippen LogP contribution in [0.25, 0.3) is 0 Å². The molecule has 1 amide bonds. The summed E-state index contributed by atoms with van der Waals surface area (Å²) in [7, 11) is 0. The first-order valence-corrected chi connectivity index (χ1v) is 9.18. The fraction of sp³-hybridized carbons (Fsp3) is 0.182. The average Bonchev–Trinajstić information content (AvgIpc) is 3.21. The number of hydrogen-bond acceptors (Lipinski definition) is 4. The van der Waals surface area contributed by atoms with Gasteiger partial charge in [-0.2, -0.15) is 10.4 Å². The van der Waals surface area contributed by atoms with E-state index in [0.717, 1.165) is 16.7 Å². The number of nitrogens with zero attached hydrogens (tertiary/aromatic N) is 3. The minimum Gasteiger partial charge on any atom is -0.384 e. The van der Waals surface area contributed by atoms with Gasteiger partial charge in [0.05, 0.1) is 30.3 Å². The van der Waals surface area contributed by atoms with Crippen LogP contribution in [0.3, 0.4) is 0 Å². The van der Waals surface area contributed by atoms with Crippen LogP contribution in [0, 0.1) is 16.7 Å². The molecule has 7 heteroatoms. The van der Waals surface area contributed by atoms with Gasteiger partial charge in [-0.3, -0.25) is 14.9 Å². The van der Waals surface area contributed by atoms with Crippen molar-refractivity contribution in [3.63, 3.8) is 0 Å². The zero-order valence-electron chi connectivity index (χ0n) is 16.1. The van der Waals surface area contributed by atoms with Crippen LogP contribution >= 0.6 is 0 Å². The molecule has 0 radical (unpaired) electrons. The van der Waals surface area contributed by atoms with Gasteiger partial charge in [-0.05, 0) is 23.6 Å². The van der Waals surface area contributed by atoms with E-state index in [4.69, 9.17) is 16.4 Å². The Morgan fingerprint density at radius 2 is 1.83 bits per heavy atom. The summed E-state index contributed by atoms with van der Waals surface area (Å²) in [4.78, 5) is 12.4. The summed E-state index contributed by atoms with van der Waals surface area (Å²) in [6.45, 7) is 2.78. The normalized spacial score (nSPS) is 11.4. The van der Waals surface area contributed by atoms with E-state index in [1.165, 1.54) is 0 Å². The fourth-order valence-corrected chi connectivity index (χ4v) is 2.83. The van der Waals surface area contributed by atoms with Crippen molar-refractivity contribution in [2.45, 2.75) is 25.9 Å². The first kappa shape index (κ1) is 19.8. The smallest absolute Gasteiger partial charge is 0.254 e. The molecule has 146 valence electrons. The number of rotatable bonds is 7. The molecule has 0 aliphatic carbocycles. The molecular weight excluding hydrogens is 364 g/mol. The number of aromatic nitrogens is 2. The minimum atomic E-state index is -0.204. The van der Waals surface area contributed by atoms with Crippen LogP contribution < -0.4 is 11.1 Å². The Labute approximate surface area is 169 Å². The fourth-order valence-electron chi connectivity index (χ4n) is 2.83. The monoisotopic (exact) mass is 386 g/mol. The van der Waals surface area contributed by atoms with Gasteiger partial charge >= 0.3 is 0 Å². The van der Waals surface area contributed by atoms with Gasteiger partial charge in [0.2, 0.25) is 0 Å². The number of carbonyl (C=O) groups is 1. The maximum Gasteiger partial charge on any atom is 0.254 e.